The second-order valence-corrected chi connectivity index (χ2v) is 4.81. The Balaban J connectivity index is 2.94. The molecule has 0 bridgehead atoms. The quantitative estimate of drug-likeness (QED) is 0.329. The van der Waals surface area contributed by atoms with Crippen molar-refractivity contribution >= 4 is 11.7 Å². The molecule has 0 spiro atoms. The smallest absolute Gasteiger partial charge is 0.253 e. The van der Waals surface area contributed by atoms with E-state index in [9.17, 15) is 4.79 Å². The highest BCUT2D eigenvalue weighted by Crippen LogP contribution is 2.09. The Morgan fingerprint density at radius 3 is 2.53 bits per heavy atom. The van der Waals surface area contributed by atoms with Crippen molar-refractivity contribution in [2.45, 2.75) is 33.7 Å². The molecule has 1 unspecified atom stereocenters. The largest absolute Gasteiger partial charge is 0.409 e. The molecule has 0 aromatic carbocycles. The standard InChI is InChI=1S/C13H20N4O2/c1-7(2)11(12(14)17-19)16-13(18)10-6-5-8(3)15-9(10)4/h5-7,11,19H,1-4H3,(H2,14,17)(H,16,18). The molecule has 0 fully saturated rings. The molecule has 1 aromatic heterocycles. The van der Waals surface area contributed by atoms with E-state index in [1.54, 1.807) is 19.1 Å². The van der Waals surface area contributed by atoms with Crippen LogP contribution in [-0.2, 0) is 0 Å². The number of rotatable bonds is 4. The number of hydrogen-bond acceptors (Lipinski definition) is 4. The van der Waals surface area contributed by atoms with Crippen LogP contribution in [0.1, 0.15) is 35.6 Å². The Morgan fingerprint density at radius 2 is 2.05 bits per heavy atom. The average Bonchev–Trinajstić information content (AvgIpc) is 2.34. The number of carbonyl (C=O) groups is 1. The molecule has 4 N–H and O–H groups in total. The van der Waals surface area contributed by atoms with Gasteiger partial charge in [-0.1, -0.05) is 19.0 Å². The number of nitrogens with one attached hydrogen (secondary N) is 1. The van der Waals surface area contributed by atoms with Crippen LogP contribution in [0.3, 0.4) is 0 Å². The lowest BCUT2D eigenvalue weighted by atomic mass is 10.0. The number of carbonyl (C=O) groups excluding carboxylic acids is 1. The highest BCUT2D eigenvalue weighted by Gasteiger charge is 2.22. The summed E-state index contributed by atoms with van der Waals surface area (Å²) in [5.74, 6) is -0.282. The molecule has 0 saturated carbocycles. The van der Waals surface area contributed by atoms with Gasteiger partial charge in [-0.25, -0.2) is 0 Å². The van der Waals surface area contributed by atoms with E-state index in [4.69, 9.17) is 10.9 Å². The highest BCUT2D eigenvalue weighted by molar-refractivity contribution is 5.99. The number of pyridine rings is 1. The third-order valence-electron chi connectivity index (χ3n) is 2.86. The van der Waals surface area contributed by atoms with Gasteiger partial charge in [-0.3, -0.25) is 9.78 Å². The van der Waals surface area contributed by atoms with E-state index in [0.29, 0.717) is 11.3 Å². The predicted molar refractivity (Wildman–Crippen MR) is 73.2 cm³/mol. The minimum absolute atomic E-state index is 0.0126. The van der Waals surface area contributed by atoms with Crippen molar-refractivity contribution in [3.05, 3.63) is 29.1 Å². The SMILES string of the molecule is Cc1ccc(C(=O)NC(C(N)=NO)C(C)C)c(C)n1. The summed E-state index contributed by atoms with van der Waals surface area (Å²) in [4.78, 5) is 16.4. The van der Waals surface area contributed by atoms with E-state index < -0.39 is 6.04 Å². The van der Waals surface area contributed by atoms with Crippen LogP contribution in [0.15, 0.2) is 17.3 Å². The van der Waals surface area contributed by atoms with Crippen LogP contribution in [0.25, 0.3) is 0 Å². The average molecular weight is 264 g/mol. The summed E-state index contributed by atoms with van der Waals surface area (Å²) < 4.78 is 0. The van der Waals surface area contributed by atoms with Gasteiger partial charge in [0.1, 0.15) is 0 Å². The Morgan fingerprint density at radius 1 is 1.42 bits per heavy atom. The van der Waals surface area contributed by atoms with Crippen molar-refractivity contribution in [1.82, 2.24) is 10.3 Å². The summed E-state index contributed by atoms with van der Waals surface area (Å²) in [6.45, 7) is 7.39. The van der Waals surface area contributed by atoms with Crippen LogP contribution < -0.4 is 11.1 Å². The van der Waals surface area contributed by atoms with Gasteiger partial charge in [0, 0.05) is 5.69 Å². The third kappa shape index (κ3) is 3.67. The molecular formula is C13H20N4O2. The van der Waals surface area contributed by atoms with E-state index >= 15 is 0 Å². The lowest BCUT2D eigenvalue weighted by Gasteiger charge is -2.21. The summed E-state index contributed by atoms with van der Waals surface area (Å²) in [6.07, 6.45) is 0. The predicted octanol–water partition coefficient (Wildman–Crippen LogP) is 1.20. The van der Waals surface area contributed by atoms with Crippen LogP contribution in [0, 0.1) is 19.8 Å². The molecule has 104 valence electrons. The zero-order chi connectivity index (χ0) is 14.6. The summed E-state index contributed by atoms with van der Waals surface area (Å²) in [5, 5.41) is 14.4. The van der Waals surface area contributed by atoms with E-state index in [1.807, 2.05) is 20.8 Å². The van der Waals surface area contributed by atoms with Gasteiger partial charge in [0.05, 0.1) is 17.3 Å². The van der Waals surface area contributed by atoms with Crippen LogP contribution in [-0.4, -0.2) is 28.0 Å². The molecule has 1 amide bonds. The molecular weight excluding hydrogens is 244 g/mol. The first-order chi connectivity index (χ1) is 8.86. The molecule has 0 saturated heterocycles. The summed E-state index contributed by atoms with van der Waals surface area (Å²) in [5.41, 5.74) is 7.57. The van der Waals surface area contributed by atoms with Gasteiger partial charge in [0.25, 0.3) is 5.91 Å². The zero-order valence-corrected chi connectivity index (χ0v) is 11.6. The first-order valence-electron chi connectivity index (χ1n) is 6.09. The van der Waals surface area contributed by atoms with Crippen LogP contribution in [0.4, 0.5) is 0 Å². The van der Waals surface area contributed by atoms with Crippen LogP contribution in [0.2, 0.25) is 0 Å². The minimum atomic E-state index is -0.516. The molecule has 0 aliphatic carbocycles. The molecule has 0 radical (unpaired) electrons. The minimum Gasteiger partial charge on any atom is -0.409 e. The van der Waals surface area contributed by atoms with E-state index in [2.05, 4.69) is 15.5 Å². The molecule has 1 atom stereocenters. The number of hydrogen-bond donors (Lipinski definition) is 3. The number of aromatic nitrogens is 1. The monoisotopic (exact) mass is 264 g/mol. The van der Waals surface area contributed by atoms with Crippen LogP contribution in [0.5, 0.6) is 0 Å². The molecule has 0 aliphatic heterocycles. The van der Waals surface area contributed by atoms with Gasteiger partial charge < -0.3 is 16.3 Å². The summed E-state index contributed by atoms with van der Waals surface area (Å²) in [7, 11) is 0. The molecule has 19 heavy (non-hydrogen) atoms. The topological polar surface area (TPSA) is 101 Å². The van der Waals surface area contributed by atoms with Crippen molar-refractivity contribution in [3.8, 4) is 0 Å². The zero-order valence-electron chi connectivity index (χ0n) is 11.6. The summed E-state index contributed by atoms with van der Waals surface area (Å²) in [6, 6.07) is 2.98. The number of nitrogens with zero attached hydrogens (tertiary/aromatic N) is 2. The fraction of sp³-hybridized carbons (Fsp3) is 0.462. The van der Waals surface area contributed by atoms with Crippen LogP contribution >= 0.6 is 0 Å². The van der Waals surface area contributed by atoms with E-state index in [-0.39, 0.29) is 17.7 Å². The van der Waals surface area contributed by atoms with Crippen molar-refractivity contribution in [3.63, 3.8) is 0 Å². The molecule has 1 aromatic rings. The lowest BCUT2D eigenvalue weighted by Crippen LogP contribution is -2.48. The van der Waals surface area contributed by atoms with E-state index in [1.165, 1.54) is 0 Å². The van der Waals surface area contributed by atoms with Crippen molar-refractivity contribution in [2.24, 2.45) is 16.8 Å². The molecule has 0 aliphatic rings. The van der Waals surface area contributed by atoms with Crippen molar-refractivity contribution < 1.29 is 10.0 Å². The molecule has 6 heteroatoms. The Bertz CT molecular complexity index is 497. The maximum absolute atomic E-state index is 12.2. The molecule has 1 heterocycles. The van der Waals surface area contributed by atoms with Crippen molar-refractivity contribution in [1.29, 1.82) is 0 Å². The van der Waals surface area contributed by atoms with Gasteiger partial charge in [0.15, 0.2) is 5.84 Å². The Kier molecular flexibility index (Phi) is 4.86. The maximum Gasteiger partial charge on any atom is 0.253 e. The third-order valence-corrected chi connectivity index (χ3v) is 2.86. The highest BCUT2D eigenvalue weighted by atomic mass is 16.4. The van der Waals surface area contributed by atoms with Gasteiger partial charge in [0.2, 0.25) is 0 Å². The maximum atomic E-state index is 12.2. The van der Waals surface area contributed by atoms with E-state index in [0.717, 1.165) is 5.69 Å². The Labute approximate surface area is 112 Å². The second-order valence-electron chi connectivity index (χ2n) is 4.81. The fourth-order valence-corrected chi connectivity index (χ4v) is 1.79. The number of oxime groups is 1. The van der Waals surface area contributed by atoms with Gasteiger partial charge in [-0.05, 0) is 31.9 Å². The second kappa shape index (κ2) is 6.17. The number of nitrogens with two attached hydrogens (primary N) is 1. The summed E-state index contributed by atoms with van der Waals surface area (Å²) >= 11 is 0. The van der Waals surface area contributed by atoms with Crippen molar-refractivity contribution in [2.75, 3.05) is 0 Å². The fourth-order valence-electron chi connectivity index (χ4n) is 1.79. The lowest BCUT2D eigenvalue weighted by molar-refractivity contribution is 0.0937. The van der Waals surface area contributed by atoms with Gasteiger partial charge in [-0.2, -0.15) is 0 Å². The first kappa shape index (κ1) is 14.9. The molecule has 1 rings (SSSR count). The number of amidine groups is 1. The first-order valence-corrected chi connectivity index (χ1v) is 6.09. The molecule has 6 nitrogen and oxygen atoms in total. The normalized spacial score (nSPS) is 13.4. The Hall–Kier alpha value is -2.11. The number of aryl methyl sites for hydroxylation is 2. The van der Waals surface area contributed by atoms with Gasteiger partial charge >= 0.3 is 0 Å². The number of amides is 1. The van der Waals surface area contributed by atoms with Gasteiger partial charge in [-0.15, -0.1) is 0 Å².